The van der Waals surface area contributed by atoms with Crippen molar-refractivity contribution >= 4 is 11.8 Å². The van der Waals surface area contributed by atoms with Gasteiger partial charge in [-0.2, -0.15) is 30.7 Å². The van der Waals surface area contributed by atoms with Crippen LogP contribution in [0.25, 0.3) is 0 Å². The van der Waals surface area contributed by atoms with Crippen molar-refractivity contribution in [3.05, 3.63) is 0 Å². The molecule has 12 heavy (non-hydrogen) atoms. The third kappa shape index (κ3) is 1.78. The van der Waals surface area contributed by atoms with Crippen LogP contribution in [0.5, 0.6) is 0 Å². The van der Waals surface area contributed by atoms with Gasteiger partial charge in [0.2, 0.25) is 0 Å². The van der Waals surface area contributed by atoms with Crippen LogP contribution in [0.3, 0.4) is 0 Å². The highest BCUT2D eigenvalue weighted by molar-refractivity contribution is 7.99. The van der Waals surface area contributed by atoms with Crippen molar-refractivity contribution in [2.75, 3.05) is 6.26 Å². The van der Waals surface area contributed by atoms with Crippen LogP contribution >= 0.6 is 11.8 Å². The van der Waals surface area contributed by atoms with E-state index in [0.717, 1.165) is 0 Å². The summed E-state index contributed by atoms with van der Waals surface area (Å²) in [6.07, 6.45) is -5.75. The van der Waals surface area contributed by atoms with Gasteiger partial charge in [-0.3, -0.25) is 0 Å². The molecule has 0 saturated carbocycles. The van der Waals surface area contributed by atoms with E-state index in [1.807, 2.05) is 0 Å². The molecule has 0 unspecified atom stereocenters. The SMILES string of the molecule is CSC(F)(F)C(F)(F)C(F)(F)F. The molecule has 0 spiro atoms. The molecule has 0 atom stereocenters. The van der Waals surface area contributed by atoms with Crippen molar-refractivity contribution in [2.45, 2.75) is 17.4 Å². The van der Waals surface area contributed by atoms with Crippen LogP contribution in [0.2, 0.25) is 0 Å². The van der Waals surface area contributed by atoms with Crippen LogP contribution in [0.1, 0.15) is 0 Å². The van der Waals surface area contributed by atoms with Gasteiger partial charge in [0.15, 0.2) is 0 Å². The minimum Gasteiger partial charge on any atom is -0.188 e. The molecule has 0 aliphatic carbocycles. The summed E-state index contributed by atoms with van der Waals surface area (Å²) >= 11 is -0.842. The summed E-state index contributed by atoms with van der Waals surface area (Å²) in [6.45, 7) is 0. The molecule has 0 N–H and O–H groups in total. The normalized spacial score (nSPS) is 15.0. The molecule has 0 nitrogen and oxygen atoms in total. The molecule has 0 aromatic heterocycles. The molecule has 0 saturated heterocycles. The second-order valence-corrected chi connectivity index (χ2v) is 2.71. The van der Waals surface area contributed by atoms with Crippen molar-refractivity contribution < 1.29 is 30.7 Å². The first kappa shape index (κ1) is 11.9. The summed E-state index contributed by atoms with van der Waals surface area (Å²) in [5, 5.41) is -5.12. The zero-order valence-electron chi connectivity index (χ0n) is 5.55. The molecule has 0 heterocycles. The van der Waals surface area contributed by atoms with Crippen molar-refractivity contribution in [1.82, 2.24) is 0 Å². The monoisotopic (exact) mass is 216 g/mol. The molecule has 0 fully saturated rings. The number of alkyl halides is 7. The van der Waals surface area contributed by atoms with E-state index in [9.17, 15) is 30.7 Å². The fourth-order valence-corrected chi connectivity index (χ4v) is 0.665. The average Bonchev–Trinajstić information content (AvgIpc) is 1.85. The average molecular weight is 216 g/mol. The topological polar surface area (TPSA) is 0 Å². The predicted molar refractivity (Wildman–Crippen MR) is 29.5 cm³/mol. The van der Waals surface area contributed by atoms with E-state index in [-0.39, 0.29) is 0 Å². The van der Waals surface area contributed by atoms with E-state index in [0.29, 0.717) is 6.26 Å². The fraction of sp³-hybridized carbons (Fsp3) is 1.00. The Bertz CT molecular complexity index is 159. The molecule has 0 aromatic carbocycles. The van der Waals surface area contributed by atoms with Gasteiger partial charge in [0.1, 0.15) is 0 Å². The Labute approximate surface area is 67.1 Å². The van der Waals surface area contributed by atoms with E-state index in [4.69, 9.17) is 0 Å². The van der Waals surface area contributed by atoms with Gasteiger partial charge in [-0.1, -0.05) is 11.8 Å². The van der Waals surface area contributed by atoms with Crippen molar-refractivity contribution in [3.8, 4) is 0 Å². The maximum atomic E-state index is 11.9. The lowest BCUT2D eigenvalue weighted by atomic mass is 10.3. The van der Waals surface area contributed by atoms with Crippen LogP contribution in [-0.4, -0.2) is 23.6 Å². The third-order valence-electron chi connectivity index (χ3n) is 0.978. The standard InChI is InChI=1S/C4H3F7S/c1-12-4(10,11)2(5,6)3(7,8)9/h1H3. The number of halogens is 7. The highest BCUT2D eigenvalue weighted by Gasteiger charge is 2.72. The van der Waals surface area contributed by atoms with Crippen LogP contribution in [0.15, 0.2) is 0 Å². The number of hydrogen-bond acceptors (Lipinski definition) is 1. The van der Waals surface area contributed by atoms with Crippen LogP contribution in [-0.2, 0) is 0 Å². The van der Waals surface area contributed by atoms with Gasteiger partial charge in [0.05, 0.1) is 0 Å². The minimum absolute atomic E-state index is 0.472. The predicted octanol–water partition coefficient (Wildman–Crippen LogP) is 3.14. The summed E-state index contributed by atoms with van der Waals surface area (Å²) in [4.78, 5) is 0. The second-order valence-electron chi connectivity index (χ2n) is 1.79. The Morgan fingerprint density at radius 2 is 1.17 bits per heavy atom. The lowest BCUT2D eigenvalue weighted by molar-refractivity contribution is -0.330. The van der Waals surface area contributed by atoms with Crippen molar-refractivity contribution in [1.29, 1.82) is 0 Å². The highest BCUT2D eigenvalue weighted by Crippen LogP contribution is 2.50. The molecule has 0 aliphatic rings. The molecule has 8 heteroatoms. The Hall–Kier alpha value is -0.140. The maximum Gasteiger partial charge on any atom is 0.460 e. The van der Waals surface area contributed by atoms with Gasteiger partial charge >= 0.3 is 17.4 Å². The first-order valence-electron chi connectivity index (χ1n) is 2.44. The summed E-state index contributed by atoms with van der Waals surface area (Å²) in [6, 6.07) is 0. The van der Waals surface area contributed by atoms with Crippen molar-refractivity contribution in [3.63, 3.8) is 0 Å². The first-order valence-corrected chi connectivity index (χ1v) is 3.66. The first-order chi connectivity index (χ1) is 5.06. The quantitative estimate of drug-likeness (QED) is 0.639. The van der Waals surface area contributed by atoms with Gasteiger partial charge in [-0.15, -0.1) is 0 Å². The van der Waals surface area contributed by atoms with E-state index in [1.54, 1.807) is 0 Å². The molecule has 0 aromatic rings. The zero-order valence-corrected chi connectivity index (χ0v) is 6.37. The molecular weight excluding hydrogens is 213 g/mol. The molecule has 0 aliphatic heterocycles. The van der Waals surface area contributed by atoms with Crippen LogP contribution < -0.4 is 0 Å². The van der Waals surface area contributed by atoms with E-state index < -0.39 is 29.1 Å². The van der Waals surface area contributed by atoms with E-state index >= 15 is 0 Å². The van der Waals surface area contributed by atoms with Crippen molar-refractivity contribution in [2.24, 2.45) is 0 Å². The van der Waals surface area contributed by atoms with Crippen LogP contribution in [0, 0.1) is 0 Å². The Morgan fingerprint density at radius 3 is 1.25 bits per heavy atom. The molecule has 0 rings (SSSR count). The summed E-state index contributed by atoms with van der Waals surface area (Å²) < 4.78 is 81.3. The van der Waals surface area contributed by atoms with Gasteiger partial charge in [0.25, 0.3) is 0 Å². The largest absolute Gasteiger partial charge is 0.460 e. The van der Waals surface area contributed by atoms with Gasteiger partial charge in [-0.25, -0.2) is 0 Å². The summed E-state index contributed by atoms with van der Waals surface area (Å²) in [5.74, 6) is -5.99. The van der Waals surface area contributed by atoms with Gasteiger partial charge < -0.3 is 0 Å². The molecule has 0 amide bonds. The molecular formula is C4H3F7S. The minimum atomic E-state index is -6.22. The molecule has 0 bridgehead atoms. The summed E-state index contributed by atoms with van der Waals surface area (Å²) in [5.41, 5.74) is 0. The Kier molecular flexibility index (Phi) is 2.93. The molecule has 74 valence electrons. The third-order valence-corrected chi connectivity index (χ3v) is 1.75. The zero-order chi connectivity index (χ0) is 10.2. The second kappa shape index (κ2) is 2.97. The van der Waals surface area contributed by atoms with E-state index in [2.05, 4.69) is 0 Å². The van der Waals surface area contributed by atoms with Crippen LogP contribution in [0.4, 0.5) is 30.7 Å². The smallest absolute Gasteiger partial charge is 0.188 e. The highest BCUT2D eigenvalue weighted by atomic mass is 32.2. The fourth-order valence-electron chi connectivity index (χ4n) is 0.293. The number of thioether (sulfide) groups is 1. The van der Waals surface area contributed by atoms with Gasteiger partial charge in [0, 0.05) is 0 Å². The lowest BCUT2D eigenvalue weighted by Gasteiger charge is -2.26. The number of hydrogen-bond donors (Lipinski definition) is 0. The van der Waals surface area contributed by atoms with Gasteiger partial charge in [-0.05, 0) is 6.26 Å². The summed E-state index contributed by atoms with van der Waals surface area (Å²) in [7, 11) is 0. The Morgan fingerprint density at radius 1 is 0.833 bits per heavy atom. The molecule has 0 radical (unpaired) electrons. The Balaban J connectivity index is 4.85. The maximum absolute atomic E-state index is 11.9. The number of rotatable bonds is 2. The van der Waals surface area contributed by atoms with E-state index in [1.165, 1.54) is 0 Å². The lowest BCUT2D eigenvalue weighted by Crippen LogP contribution is -2.49.